The molecule has 6 heteroatoms. The van der Waals surface area contributed by atoms with Crippen molar-refractivity contribution in [2.24, 2.45) is 10.9 Å². The lowest BCUT2D eigenvalue weighted by Crippen LogP contribution is -2.47. The predicted molar refractivity (Wildman–Crippen MR) is 96.7 cm³/mol. The molecule has 6 nitrogen and oxygen atoms in total. The topological polar surface area (TPSA) is 51.2 Å². The van der Waals surface area contributed by atoms with Gasteiger partial charge in [0.25, 0.3) is 0 Å². The average molecular weight is 326 g/mol. The number of hydrogen-bond donors (Lipinski definition) is 1. The molecular formula is C17H35N5O. The summed E-state index contributed by atoms with van der Waals surface area (Å²) in [6.45, 7) is 9.39. The van der Waals surface area contributed by atoms with Gasteiger partial charge in [0, 0.05) is 40.3 Å². The fourth-order valence-corrected chi connectivity index (χ4v) is 2.88. The zero-order chi connectivity index (χ0) is 17.6. The normalized spacial score (nSPS) is 16.8. The number of carbonyl (C=O) groups is 1. The molecule has 0 aromatic heterocycles. The van der Waals surface area contributed by atoms with Crippen LogP contribution in [0.3, 0.4) is 0 Å². The van der Waals surface area contributed by atoms with Crippen molar-refractivity contribution >= 4 is 11.9 Å². The van der Waals surface area contributed by atoms with Crippen molar-refractivity contribution in [3.8, 4) is 0 Å². The molecule has 1 aliphatic rings. The van der Waals surface area contributed by atoms with Crippen molar-refractivity contribution in [2.45, 2.75) is 39.2 Å². The Bertz CT molecular complexity index is 394. The fraction of sp³-hybridized carbons (Fsp3) is 0.882. The van der Waals surface area contributed by atoms with E-state index in [1.807, 2.05) is 58.8 Å². The van der Waals surface area contributed by atoms with Gasteiger partial charge >= 0.3 is 0 Å². The van der Waals surface area contributed by atoms with Gasteiger partial charge < -0.3 is 15.1 Å². The minimum atomic E-state index is -0.154. The Labute approximate surface area is 141 Å². The molecule has 1 heterocycles. The molecule has 1 rings (SSSR count). The van der Waals surface area contributed by atoms with E-state index in [-0.39, 0.29) is 11.4 Å². The first kappa shape index (κ1) is 19.7. The summed E-state index contributed by atoms with van der Waals surface area (Å²) in [7, 11) is 8.09. The van der Waals surface area contributed by atoms with E-state index < -0.39 is 0 Å². The molecule has 0 bridgehead atoms. The summed E-state index contributed by atoms with van der Waals surface area (Å²) in [6, 6.07) is 0. The summed E-state index contributed by atoms with van der Waals surface area (Å²) in [5.74, 6) is 1.75. The molecule has 134 valence electrons. The minimum absolute atomic E-state index is 0.122. The highest BCUT2D eigenvalue weighted by Crippen LogP contribution is 2.17. The highest BCUT2D eigenvalue weighted by atomic mass is 16.2. The molecule has 0 saturated carbocycles. The van der Waals surface area contributed by atoms with Gasteiger partial charge in [0.2, 0.25) is 5.91 Å². The molecule has 0 spiro atoms. The Morgan fingerprint density at radius 1 is 1.13 bits per heavy atom. The number of aliphatic imine (C=N–C) groups is 1. The zero-order valence-corrected chi connectivity index (χ0v) is 16.0. The van der Waals surface area contributed by atoms with Gasteiger partial charge in [0.15, 0.2) is 5.96 Å². The second kappa shape index (κ2) is 8.52. The van der Waals surface area contributed by atoms with Crippen LogP contribution >= 0.6 is 0 Å². The Morgan fingerprint density at radius 2 is 1.65 bits per heavy atom. The van der Waals surface area contributed by atoms with Crippen LogP contribution in [0.5, 0.6) is 0 Å². The van der Waals surface area contributed by atoms with Crippen molar-refractivity contribution in [3.63, 3.8) is 0 Å². The summed E-state index contributed by atoms with van der Waals surface area (Å²) in [5.41, 5.74) is -0.154. The number of nitrogens with one attached hydrogen (secondary N) is 1. The lowest BCUT2D eigenvalue weighted by atomic mass is 9.97. The average Bonchev–Trinajstić information content (AvgIpc) is 2.37. The number of likely N-dealkylation sites (tertiary alicyclic amines) is 1. The van der Waals surface area contributed by atoms with Crippen LogP contribution in [0.25, 0.3) is 0 Å². The first-order chi connectivity index (χ1) is 10.6. The predicted octanol–water partition coefficient (Wildman–Crippen LogP) is 1.09. The molecule has 1 amide bonds. The molecule has 0 aromatic carbocycles. The molecule has 1 N–H and O–H groups in total. The van der Waals surface area contributed by atoms with Crippen molar-refractivity contribution in [1.82, 2.24) is 20.0 Å². The van der Waals surface area contributed by atoms with Crippen LogP contribution in [0.1, 0.15) is 33.6 Å². The Hall–Kier alpha value is -1.30. The summed E-state index contributed by atoms with van der Waals surface area (Å²) >= 11 is 0. The van der Waals surface area contributed by atoms with E-state index in [1.165, 1.54) is 0 Å². The molecule has 23 heavy (non-hydrogen) atoms. The molecule has 0 aromatic rings. The van der Waals surface area contributed by atoms with E-state index in [9.17, 15) is 4.79 Å². The van der Waals surface area contributed by atoms with Crippen molar-refractivity contribution < 1.29 is 4.79 Å². The van der Waals surface area contributed by atoms with Crippen LogP contribution in [0, 0.1) is 5.92 Å². The molecule has 0 radical (unpaired) electrons. The van der Waals surface area contributed by atoms with E-state index in [1.54, 1.807) is 0 Å². The summed E-state index contributed by atoms with van der Waals surface area (Å²) in [5, 5.41) is 3.03. The summed E-state index contributed by atoms with van der Waals surface area (Å²) in [6.07, 6.45) is 2.22. The largest absolute Gasteiger partial charge is 0.350 e. The third kappa shape index (κ3) is 7.68. The van der Waals surface area contributed by atoms with Crippen molar-refractivity contribution in [2.75, 3.05) is 54.4 Å². The van der Waals surface area contributed by atoms with Crippen LogP contribution in [0.4, 0.5) is 0 Å². The van der Waals surface area contributed by atoms with Crippen molar-refractivity contribution in [3.05, 3.63) is 0 Å². The molecule has 0 aliphatic carbocycles. The van der Waals surface area contributed by atoms with Gasteiger partial charge in [-0.15, -0.1) is 0 Å². The SMILES string of the molecule is CN(C)C(=NCC1CCN(CC(=O)NC(C)(C)C)CC1)N(C)C. The number of guanidine groups is 1. The molecule has 1 aliphatic heterocycles. The van der Waals surface area contributed by atoms with E-state index in [0.29, 0.717) is 12.5 Å². The maximum absolute atomic E-state index is 12.0. The van der Waals surface area contributed by atoms with Crippen LogP contribution in [0.15, 0.2) is 4.99 Å². The zero-order valence-electron chi connectivity index (χ0n) is 16.0. The van der Waals surface area contributed by atoms with Gasteiger partial charge in [-0.3, -0.25) is 14.7 Å². The number of nitrogens with zero attached hydrogens (tertiary/aromatic N) is 4. The van der Waals surface area contributed by atoms with Crippen LogP contribution < -0.4 is 5.32 Å². The number of piperidine rings is 1. The molecule has 0 unspecified atom stereocenters. The second-order valence-corrected chi connectivity index (χ2v) is 7.95. The molecule has 1 saturated heterocycles. The van der Waals surface area contributed by atoms with Gasteiger partial charge in [0.1, 0.15) is 0 Å². The maximum atomic E-state index is 12.0. The fourth-order valence-electron chi connectivity index (χ4n) is 2.88. The number of carbonyl (C=O) groups excluding carboxylic acids is 1. The van der Waals surface area contributed by atoms with Gasteiger partial charge in [-0.05, 0) is 52.6 Å². The minimum Gasteiger partial charge on any atom is -0.350 e. The Kier molecular flexibility index (Phi) is 7.32. The molecular weight excluding hydrogens is 290 g/mol. The number of amides is 1. The third-order valence-corrected chi connectivity index (χ3v) is 3.88. The number of hydrogen-bond acceptors (Lipinski definition) is 3. The first-order valence-corrected chi connectivity index (χ1v) is 8.51. The number of rotatable bonds is 4. The van der Waals surface area contributed by atoms with Gasteiger partial charge in [-0.25, -0.2) is 0 Å². The lowest BCUT2D eigenvalue weighted by Gasteiger charge is -2.32. The van der Waals surface area contributed by atoms with Crippen LogP contribution in [0.2, 0.25) is 0 Å². The van der Waals surface area contributed by atoms with E-state index in [4.69, 9.17) is 4.99 Å². The van der Waals surface area contributed by atoms with Crippen LogP contribution in [-0.2, 0) is 4.79 Å². The van der Waals surface area contributed by atoms with E-state index in [0.717, 1.165) is 38.4 Å². The van der Waals surface area contributed by atoms with Gasteiger partial charge in [-0.1, -0.05) is 0 Å². The summed E-state index contributed by atoms with van der Waals surface area (Å²) in [4.78, 5) is 23.1. The molecule has 1 fully saturated rings. The monoisotopic (exact) mass is 325 g/mol. The van der Waals surface area contributed by atoms with E-state index in [2.05, 4.69) is 10.2 Å². The van der Waals surface area contributed by atoms with Crippen LogP contribution in [-0.4, -0.2) is 86.5 Å². The lowest BCUT2D eigenvalue weighted by molar-refractivity contribution is -0.124. The highest BCUT2D eigenvalue weighted by Gasteiger charge is 2.22. The second-order valence-electron chi connectivity index (χ2n) is 7.95. The van der Waals surface area contributed by atoms with Crippen molar-refractivity contribution in [1.29, 1.82) is 0 Å². The van der Waals surface area contributed by atoms with Gasteiger partial charge in [0.05, 0.1) is 6.54 Å². The Balaban J connectivity index is 2.38. The van der Waals surface area contributed by atoms with Gasteiger partial charge in [-0.2, -0.15) is 0 Å². The maximum Gasteiger partial charge on any atom is 0.234 e. The highest BCUT2D eigenvalue weighted by molar-refractivity contribution is 5.79. The summed E-state index contributed by atoms with van der Waals surface area (Å²) < 4.78 is 0. The quantitative estimate of drug-likeness (QED) is 0.621. The standard InChI is InChI=1S/C17H35N5O/c1-17(2,3)19-15(23)13-22-10-8-14(9-11-22)12-18-16(20(4)5)21(6)7/h14H,8-13H2,1-7H3,(H,19,23). The molecule has 0 atom stereocenters. The third-order valence-electron chi connectivity index (χ3n) is 3.88. The smallest absolute Gasteiger partial charge is 0.234 e. The Morgan fingerprint density at radius 3 is 2.09 bits per heavy atom. The first-order valence-electron chi connectivity index (χ1n) is 8.51. The van der Waals surface area contributed by atoms with E-state index >= 15 is 0 Å².